The summed E-state index contributed by atoms with van der Waals surface area (Å²) in [5.41, 5.74) is 9.98. The molecule has 1 unspecified atom stereocenters. The summed E-state index contributed by atoms with van der Waals surface area (Å²) < 4.78 is 22.3. The highest BCUT2D eigenvalue weighted by Gasteiger charge is 2.26. The molecule has 1 aliphatic rings. The van der Waals surface area contributed by atoms with E-state index in [4.69, 9.17) is 47.9 Å². The monoisotopic (exact) mass is 719 g/mol. The lowest BCUT2D eigenvalue weighted by molar-refractivity contribution is -0.110. The van der Waals surface area contributed by atoms with Crippen LogP contribution in [0.3, 0.4) is 0 Å². The number of benzene rings is 2. The van der Waals surface area contributed by atoms with Crippen LogP contribution in [-0.4, -0.2) is 81.4 Å². The Morgan fingerprint density at radius 2 is 1.69 bits per heavy atom. The van der Waals surface area contributed by atoms with Crippen molar-refractivity contribution in [3.63, 3.8) is 0 Å². The number of rotatable bonds is 21. The van der Waals surface area contributed by atoms with Crippen LogP contribution < -0.4 is 19.9 Å². The van der Waals surface area contributed by atoms with Gasteiger partial charge in [-0.3, -0.25) is 4.90 Å². The van der Waals surface area contributed by atoms with Crippen molar-refractivity contribution in [2.75, 3.05) is 59.1 Å². The van der Waals surface area contributed by atoms with Crippen molar-refractivity contribution in [2.24, 2.45) is 11.7 Å². The topological polar surface area (TPSA) is 96.1 Å². The number of hydrogen-bond donors (Lipinski definition) is 1. The molecule has 0 saturated heterocycles. The third-order valence-corrected chi connectivity index (χ3v) is 8.96. The van der Waals surface area contributed by atoms with Crippen LogP contribution in [0.5, 0.6) is 17.4 Å². The van der Waals surface area contributed by atoms with Gasteiger partial charge >= 0.3 is 0 Å². The molecule has 1 atom stereocenters. The van der Waals surface area contributed by atoms with Crippen molar-refractivity contribution in [3.8, 4) is 17.4 Å². The van der Waals surface area contributed by atoms with Gasteiger partial charge in [-0.2, -0.15) is 11.8 Å². The highest BCUT2D eigenvalue weighted by molar-refractivity contribution is 7.98. The van der Waals surface area contributed by atoms with E-state index < -0.39 is 0 Å². The average Bonchev–Trinajstić information content (AvgIpc) is 3.92. The van der Waals surface area contributed by atoms with Crippen molar-refractivity contribution in [1.29, 1.82) is 0 Å². The average molecular weight is 721 g/mol. The Hall–Kier alpha value is -2.53. The number of halogens is 2. The molecule has 48 heavy (non-hydrogen) atoms. The molecule has 0 bridgehead atoms. The van der Waals surface area contributed by atoms with Gasteiger partial charge in [0.1, 0.15) is 25.2 Å². The lowest BCUT2D eigenvalue weighted by Gasteiger charge is -2.17. The van der Waals surface area contributed by atoms with E-state index in [2.05, 4.69) is 35.3 Å². The number of aldehydes is 1. The second-order valence-electron chi connectivity index (χ2n) is 12.0. The quantitative estimate of drug-likeness (QED) is 0.0889. The predicted octanol–water partition coefficient (Wildman–Crippen LogP) is 7.46. The largest absolute Gasteiger partial charge is 0.490 e. The maximum Gasteiger partial charge on any atom is 0.213 e. The number of hydrogen-bond acceptors (Lipinski definition) is 9. The standard InChI is InChI=1S/C19H21Cl2NO3.C18H30N2O2S/c1-13-8-17(20)19(18(21)9-13)25-7-6-24-16-4-2-14(3-5-16)10-15(11-22)12-23;1-20(17-7-8-17)14-15-12-16(6-4-9-21-2)19-18(13-15)22-10-5-11-23-3/h2-5,8-9,12,15H,6-7,10-11,22H2,1H3;12-13,17H,4-11,14H2,1-3H3. The first kappa shape index (κ1) is 39.9. The van der Waals surface area contributed by atoms with Gasteiger partial charge in [-0.05, 0) is 112 Å². The van der Waals surface area contributed by atoms with Crippen LogP contribution in [0.25, 0.3) is 0 Å². The lowest BCUT2D eigenvalue weighted by atomic mass is 10.0. The van der Waals surface area contributed by atoms with Crippen LogP contribution in [0.2, 0.25) is 10.0 Å². The minimum atomic E-state index is -0.149. The Morgan fingerprint density at radius 1 is 0.979 bits per heavy atom. The Labute approximate surface area is 301 Å². The fourth-order valence-corrected chi connectivity index (χ4v) is 6.07. The molecule has 3 aromatic rings. The SMILES string of the molecule is COCCCc1cc(CN(C)C2CC2)cc(OCCCSC)n1.Cc1cc(Cl)c(OCCOc2ccc(CC(C=O)CN)cc2)c(Cl)c1. The van der Waals surface area contributed by atoms with Crippen LogP contribution in [0.1, 0.15) is 48.1 Å². The molecule has 1 aromatic heterocycles. The molecule has 0 aliphatic heterocycles. The number of aryl methyl sites for hydroxylation is 2. The summed E-state index contributed by atoms with van der Waals surface area (Å²) in [6, 6.07) is 16.3. The van der Waals surface area contributed by atoms with E-state index in [1.54, 1.807) is 19.2 Å². The molecule has 1 fully saturated rings. The summed E-state index contributed by atoms with van der Waals surface area (Å²) in [4.78, 5) is 17.9. The van der Waals surface area contributed by atoms with E-state index in [1.165, 1.54) is 18.4 Å². The molecular formula is C37H51Cl2N3O5S. The first-order valence-corrected chi connectivity index (χ1v) is 18.7. The highest BCUT2D eigenvalue weighted by Crippen LogP contribution is 2.34. The molecular weight excluding hydrogens is 669 g/mol. The maximum atomic E-state index is 10.8. The van der Waals surface area contributed by atoms with Gasteiger partial charge in [0.05, 0.1) is 16.7 Å². The van der Waals surface area contributed by atoms with Gasteiger partial charge < -0.3 is 29.5 Å². The summed E-state index contributed by atoms with van der Waals surface area (Å²) in [5.74, 6) is 2.95. The maximum absolute atomic E-state index is 10.8. The number of nitrogens with two attached hydrogens (primary N) is 1. The molecule has 2 aromatic carbocycles. The Balaban J connectivity index is 0.000000261. The summed E-state index contributed by atoms with van der Waals surface area (Å²) in [6.45, 7) is 5.45. The third kappa shape index (κ3) is 14.9. The van der Waals surface area contributed by atoms with Gasteiger partial charge in [0.2, 0.25) is 5.88 Å². The molecule has 0 spiro atoms. The number of ether oxygens (including phenoxy) is 4. The highest BCUT2D eigenvalue weighted by atomic mass is 35.5. The number of carbonyl (C=O) groups excluding carboxylic acids is 1. The first-order chi connectivity index (χ1) is 23.3. The van der Waals surface area contributed by atoms with Crippen LogP contribution in [0.4, 0.5) is 0 Å². The van der Waals surface area contributed by atoms with Gasteiger partial charge in [0.25, 0.3) is 0 Å². The number of pyridine rings is 1. The van der Waals surface area contributed by atoms with Gasteiger partial charge in [-0.1, -0.05) is 35.3 Å². The first-order valence-electron chi connectivity index (χ1n) is 16.5. The number of methoxy groups -OCH3 is 1. The molecule has 2 N–H and O–H groups in total. The van der Waals surface area contributed by atoms with Gasteiger partial charge in [-0.25, -0.2) is 4.98 Å². The van der Waals surface area contributed by atoms with Gasteiger partial charge in [-0.15, -0.1) is 0 Å². The molecule has 1 aliphatic carbocycles. The molecule has 264 valence electrons. The fraction of sp³-hybridized carbons (Fsp3) is 0.514. The Kier molecular flexibility index (Phi) is 18.5. The van der Waals surface area contributed by atoms with Crippen molar-refractivity contribution < 1.29 is 23.7 Å². The van der Waals surface area contributed by atoms with Crippen molar-refractivity contribution in [3.05, 3.63) is 81.0 Å². The summed E-state index contributed by atoms with van der Waals surface area (Å²) in [7, 11) is 3.95. The molecule has 11 heteroatoms. The normalized spacial score (nSPS) is 13.1. The Bertz CT molecular complexity index is 1350. The lowest BCUT2D eigenvalue weighted by Crippen LogP contribution is -2.20. The van der Waals surface area contributed by atoms with E-state index >= 15 is 0 Å². The van der Waals surface area contributed by atoms with E-state index in [0.717, 1.165) is 85.6 Å². The predicted molar refractivity (Wildman–Crippen MR) is 198 cm³/mol. The van der Waals surface area contributed by atoms with Crippen LogP contribution in [0.15, 0.2) is 48.5 Å². The summed E-state index contributed by atoms with van der Waals surface area (Å²) in [5, 5.41) is 0.970. The molecule has 4 rings (SSSR count). The van der Waals surface area contributed by atoms with Crippen molar-refractivity contribution in [2.45, 2.75) is 58.0 Å². The van der Waals surface area contributed by atoms with Gasteiger partial charge in [0.15, 0.2) is 5.75 Å². The molecule has 1 heterocycles. The van der Waals surface area contributed by atoms with E-state index in [-0.39, 0.29) is 5.92 Å². The minimum absolute atomic E-state index is 0.149. The smallest absolute Gasteiger partial charge is 0.213 e. The minimum Gasteiger partial charge on any atom is -0.490 e. The zero-order valence-electron chi connectivity index (χ0n) is 28.7. The van der Waals surface area contributed by atoms with Crippen LogP contribution in [-0.2, 0) is 28.9 Å². The second-order valence-corrected chi connectivity index (χ2v) is 13.8. The summed E-state index contributed by atoms with van der Waals surface area (Å²) in [6.07, 6.45) is 9.32. The zero-order valence-corrected chi connectivity index (χ0v) is 31.0. The van der Waals surface area contributed by atoms with Crippen LogP contribution in [0, 0.1) is 12.8 Å². The molecule has 0 radical (unpaired) electrons. The molecule has 1 saturated carbocycles. The van der Waals surface area contributed by atoms with Crippen molar-refractivity contribution in [1.82, 2.24) is 9.88 Å². The second kappa shape index (κ2) is 22.2. The molecule has 0 amide bonds. The fourth-order valence-electron chi connectivity index (χ4n) is 4.96. The summed E-state index contributed by atoms with van der Waals surface area (Å²) >= 11 is 14.1. The van der Waals surface area contributed by atoms with Gasteiger partial charge in [0, 0.05) is 50.5 Å². The third-order valence-electron chi connectivity index (χ3n) is 7.70. The number of carbonyl (C=O) groups is 1. The van der Waals surface area contributed by atoms with Crippen molar-refractivity contribution >= 4 is 41.2 Å². The number of nitrogens with zero attached hydrogens (tertiary/aromatic N) is 2. The Morgan fingerprint density at radius 3 is 2.31 bits per heavy atom. The van der Waals surface area contributed by atoms with E-state index in [9.17, 15) is 4.79 Å². The molecule has 8 nitrogen and oxygen atoms in total. The number of aromatic nitrogens is 1. The van der Waals surface area contributed by atoms with E-state index in [1.807, 2.05) is 43.0 Å². The zero-order chi connectivity index (χ0) is 34.7. The van der Waals surface area contributed by atoms with Crippen LogP contribution >= 0.6 is 35.0 Å². The number of thioether (sulfide) groups is 1. The van der Waals surface area contributed by atoms with E-state index in [0.29, 0.717) is 42.0 Å².